The van der Waals surface area contributed by atoms with E-state index in [4.69, 9.17) is 4.74 Å². The Morgan fingerprint density at radius 2 is 1.91 bits per heavy atom. The zero-order valence-electron chi connectivity index (χ0n) is 18.3. The summed E-state index contributed by atoms with van der Waals surface area (Å²) in [5.41, 5.74) is 3.00. The molecule has 34 heavy (non-hydrogen) atoms. The van der Waals surface area contributed by atoms with Crippen LogP contribution in [0.1, 0.15) is 22.8 Å². The van der Waals surface area contributed by atoms with Crippen LogP contribution < -0.4 is 10.1 Å². The van der Waals surface area contributed by atoms with Crippen LogP contribution in [-0.4, -0.2) is 43.3 Å². The van der Waals surface area contributed by atoms with Gasteiger partial charge in [-0.25, -0.2) is 0 Å². The molecule has 1 amide bonds. The van der Waals surface area contributed by atoms with E-state index in [0.29, 0.717) is 34.5 Å². The van der Waals surface area contributed by atoms with Gasteiger partial charge in [-0.2, -0.15) is 0 Å². The molecule has 9 heteroatoms. The van der Waals surface area contributed by atoms with E-state index in [9.17, 15) is 9.59 Å². The standard InChI is InChI=1S/C25H21N5O3S/c1-16(23(32)19-7-8-21-20(13-19)27-22(31)15-33-21)34-25-29-28-24(18-9-11-26-12-10-18)30(25)14-17-5-3-2-4-6-17/h2-13,16H,14-15H2,1H3,(H,27,31). The lowest BCUT2D eigenvalue weighted by molar-refractivity contribution is -0.118. The SMILES string of the molecule is CC(Sc1nnc(-c2ccncc2)n1Cc1ccccc1)C(=O)c1ccc2c(c1)NC(=O)CO2. The summed E-state index contributed by atoms with van der Waals surface area (Å²) >= 11 is 1.35. The van der Waals surface area contributed by atoms with Gasteiger partial charge in [-0.1, -0.05) is 42.1 Å². The fraction of sp³-hybridized carbons (Fsp3) is 0.160. The maximum absolute atomic E-state index is 13.2. The average molecular weight is 472 g/mol. The number of thioether (sulfide) groups is 1. The Morgan fingerprint density at radius 1 is 1.12 bits per heavy atom. The van der Waals surface area contributed by atoms with Crippen molar-refractivity contribution in [2.75, 3.05) is 11.9 Å². The number of hydrogen-bond donors (Lipinski definition) is 1. The lowest BCUT2D eigenvalue weighted by Crippen LogP contribution is -2.25. The van der Waals surface area contributed by atoms with E-state index in [0.717, 1.165) is 11.1 Å². The summed E-state index contributed by atoms with van der Waals surface area (Å²) in [7, 11) is 0. The molecule has 2 aromatic heterocycles. The normalized spacial score (nSPS) is 13.5. The number of Topliss-reactive ketones (excluding diaryl/α,β-unsaturated/α-hetero) is 1. The predicted octanol–water partition coefficient (Wildman–Crippen LogP) is 4.08. The molecule has 1 N–H and O–H groups in total. The van der Waals surface area contributed by atoms with Gasteiger partial charge in [0.25, 0.3) is 5.91 Å². The number of rotatable bonds is 7. The van der Waals surface area contributed by atoms with Crippen molar-refractivity contribution in [2.45, 2.75) is 23.9 Å². The van der Waals surface area contributed by atoms with Crippen molar-refractivity contribution in [3.63, 3.8) is 0 Å². The molecule has 0 aliphatic carbocycles. The van der Waals surface area contributed by atoms with Gasteiger partial charge in [0, 0.05) is 23.5 Å². The Morgan fingerprint density at radius 3 is 2.71 bits per heavy atom. The number of ketones is 1. The van der Waals surface area contributed by atoms with Crippen molar-refractivity contribution in [3.8, 4) is 17.1 Å². The highest BCUT2D eigenvalue weighted by Crippen LogP contribution is 2.32. The highest BCUT2D eigenvalue weighted by molar-refractivity contribution is 8.00. The first-order valence-electron chi connectivity index (χ1n) is 10.7. The smallest absolute Gasteiger partial charge is 0.262 e. The van der Waals surface area contributed by atoms with Crippen LogP contribution >= 0.6 is 11.8 Å². The Hall–Kier alpha value is -3.98. The molecule has 1 aliphatic heterocycles. The molecule has 0 spiro atoms. The minimum Gasteiger partial charge on any atom is -0.482 e. The van der Waals surface area contributed by atoms with Gasteiger partial charge in [0.2, 0.25) is 0 Å². The molecule has 0 bridgehead atoms. The zero-order chi connectivity index (χ0) is 23.5. The number of benzene rings is 2. The van der Waals surface area contributed by atoms with Crippen molar-refractivity contribution in [1.29, 1.82) is 0 Å². The van der Waals surface area contributed by atoms with E-state index in [1.807, 2.05) is 54.0 Å². The van der Waals surface area contributed by atoms with Crippen LogP contribution in [0.2, 0.25) is 0 Å². The number of carbonyl (C=O) groups is 2. The Bertz CT molecular complexity index is 1340. The summed E-state index contributed by atoms with van der Waals surface area (Å²) in [4.78, 5) is 29.0. The molecule has 8 nitrogen and oxygen atoms in total. The quantitative estimate of drug-likeness (QED) is 0.320. The van der Waals surface area contributed by atoms with Crippen LogP contribution in [0, 0.1) is 0 Å². The number of pyridine rings is 1. The van der Waals surface area contributed by atoms with E-state index in [1.54, 1.807) is 30.6 Å². The molecule has 5 rings (SSSR count). The summed E-state index contributed by atoms with van der Waals surface area (Å²) in [5, 5.41) is 11.8. The summed E-state index contributed by atoms with van der Waals surface area (Å²) in [6.07, 6.45) is 3.43. The van der Waals surface area contributed by atoms with E-state index in [1.165, 1.54) is 11.8 Å². The molecule has 0 saturated heterocycles. The molecule has 1 atom stereocenters. The molecule has 4 aromatic rings. The average Bonchev–Trinajstić information content (AvgIpc) is 3.26. The number of aromatic nitrogens is 4. The van der Waals surface area contributed by atoms with Crippen LogP contribution in [0.5, 0.6) is 5.75 Å². The maximum atomic E-state index is 13.2. The number of nitrogens with one attached hydrogen (secondary N) is 1. The van der Waals surface area contributed by atoms with Gasteiger partial charge < -0.3 is 10.1 Å². The van der Waals surface area contributed by atoms with Crippen molar-refractivity contribution < 1.29 is 14.3 Å². The molecule has 1 aliphatic rings. The number of nitrogens with zero attached hydrogens (tertiary/aromatic N) is 4. The van der Waals surface area contributed by atoms with Crippen LogP contribution in [0.15, 0.2) is 78.2 Å². The Labute approximate surface area is 200 Å². The monoisotopic (exact) mass is 471 g/mol. The van der Waals surface area contributed by atoms with Crippen LogP contribution in [0.4, 0.5) is 5.69 Å². The number of carbonyl (C=O) groups excluding carboxylic acids is 2. The molecule has 170 valence electrons. The highest BCUT2D eigenvalue weighted by Gasteiger charge is 2.24. The summed E-state index contributed by atoms with van der Waals surface area (Å²) in [5.74, 6) is 0.951. The maximum Gasteiger partial charge on any atom is 0.262 e. The van der Waals surface area contributed by atoms with Crippen molar-refractivity contribution in [3.05, 3.63) is 84.2 Å². The summed E-state index contributed by atoms with van der Waals surface area (Å²) in [6, 6.07) is 18.9. The Balaban J connectivity index is 1.42. The lowest BCUT2D eigenvalue weighted by atomic mass is 10.1. The van der Waals surface area contributed by atoms with Crippen LogP contribution in [0.25, 0.3) is 11.4 Å². The lowest BCUT2D eigenvalue weighted by Gasteiger charge is -2.19. The number of hydrogen-bond acceptors (Lipinski definition) is 7. The molecule has 0 saturated carbocycles. The fourth-order valence-electron chi connectivity index (χ4n) is 3.68. The van der Waals surface area contributed by atoms with Gasteiger partial charge in [0.05, 0.1) is 17.5 Å². The molecular formula is C25H21N5O3S. The van der Waals surface area contributed by atoms with Crippen molar-refractivity contribution in [1.82, 2.24) is 19.7 Å². The first-order chi connectivity index (χ1) is 16.6. The number of amides is 1. The Kier molecular flexibility index (Phi) is 6.09. The number of fused-ring (bicyclic) bond motifs is 1. The molecule has 2 aromatic carbocycles. The summed E-state index contributed by atoms with van der Waals surface area (Å²) in [6.45, 7) is 2.38. The summed E-state index contributed by atoms with van der Waals surface area (Å²) < 4.78 is 7.40. The molecule has 0 fully saturated rings. The minimum absolute atomic E-state index is 0.0244. The molecule has 3 heterocycles. The zero-order valence-corrected chi connectivity index (χ0v) is 19.2. The van der Waals surface area contributed by atoms with E-state index in [2.05, 4.69) is 20.5 Å². The van der Waals surface area contributed by atoms with Gasteiger partial charge in [-0.15, -0.1) is 10.2 Å². The van der Waals surface area contributed by atoms with Gasteiger partial charge in [0.15, 0.2) is 23.4 Å². The third-order valence-electron chi connectivity index (χ3n) is 5.39. The second kappa shape index (κ2) is 9.48. The first-order valence-corrected chi connectivity index (χ1v) is 11.6. The molecule has 1 unspecified atom stereocenters. The fourth-order valence-corrected chi connectivity index (χ4v) is 4.61. The second-order valence-corrected chi connectivity index (χ2v) is 9.09. The number of anilines is 1. The first kappa shape index (κ1) is 21.8. The third kappa shape index (κ3) is 4.55. The van der Waals surface area contributed by atoms with Crippen molar-refractivity contribution in [2.24, 2.45) is 0 Å². The molecular weight excluding hydrogens is 450 g/mol. The van der Waals surface area contributed by atoms with Crippen LogP contribution in [-0.2, 0) is 11.3 Å². The van der Waals surface area contributed by atoms with Gasteiger partial charge >= 0.3 is 0 Å². The minimum atomic E-state index is -0.428. The highest BCUT2D eigenvalue weighted by atomic mass is 32.2. The van der Waals surface area contributed by atoms with Gasteiger partial charge in [-0.05, 0) is 42.8 Å². The van der Waals surface area contributed by atoms with Gasteiger partial charge in [0.1, 0.15) is 5.75 Å². The molecule has 0 radical (unpaired) electrons. The van der Waals surface area contributed by atoms with Gasteiger partial charge in [-0.3, -0.25) is 19.1 Å². The third-order valence-corrected chi connectivity index (χ3v) is 6.47. The largest absolute Gasteiger partial charge is 0.482 e. The van der Waals surface area contributed by atoms with E-state index >= 15 is 0 Å². The number of ether oxygens (including phenoxy) is 1. The predicted molar refractivity (Wildman–Crippen MR) is 129 cm³/mol. The van der Waals surface area contributed by atoms with Crippen LogP contribution in [0.3, 0.4) is 0 Å². The second-order valence-electron chi connectivity index (χ2n) is 7.79. The topological polar surface area (TPSA) is 99.0 Å². The van der Waals surface area contributed by atoms with E-state index in [-0.39, 0.29) is 18.3 Å². The van der Waals surface area contributed by atoms with E-state index < -0.39 is 5.25 Å². The van der Waals surface area contributed by atoms with Crippen molar-refractivity contribution >= 4 is 29.1 Å².